The zero-order chi connectivity index (χ0) is 10.1. The summed E-state index contributed by atoms with van der Waals surface area (Å²) in [5, 5.41) is 3.33. The van der Waals surface area contributed by atoms with Gasteiger partial charge in [-0.2, -0.15) is 0 Å². The normalized spacial score (nSPS) is 12.8. The van der Waals surface area contributed by atoms with Crippen LogP contribution in [0.4, 0.5) is 0 Å². The number of hydrogen-bond donors (Lipinski definition) is 2. The number of rotatable bonds is 8. The fourth-order valence-electron chi connectivity index (χ4n) is 1.30. The summed E-state index contributed by atoms with van der Waals surface area (Å²) in [6, 6.07) is 0.555. The molecule has 1 amide bonds. The molecule has 0 aromatic rings. The highest BCUT2D eigenvalue weighted by molar-refractivity contribution is 5.73. The molecule has 0 fully saturated rings. The third-order valence-corrected chi connectivity index (χ3v) is 2.20. The van der Waals surface area contributed by atoms with E-state index in [0.717, 1.165) is 13.0 Å². The fraction of sp³-hybridized carbons (Fsp3) is 0.900. The van der Waals surface area contributed by atoms with E-state index in [1.807, 2.05) is 0 Å². The largest absolute Gasteiger partial charge is 0.370 e. The number of primary amides is 1. The molecule has 13 heavy (non-hydrogen) atoms. The standard InChI is InChI=1S/C10H22N2O/c1-3-5-6-9(4-2)12-8-7-10(11)13/h9,12H,3-8H2,1-2H3,(H2,11,13). The lowest BCUT2D eigenvalue weighted by atomic mass is 10.1. The number of hydrogen-bond acceptors (Lipinski definition) is 2. The van der Waals surface area contributed by atoms with Crippen LogP contribution in [0.15, 0.2) is 0 Å². The highest BCUT2D eigenvalue weighted by Crippen LogP contribution is 2.03. The monoisotopic (exact) mass is 186 g/mol. The Kier molecular flexibility index (Phi) is 7.69. The van der Waals surface area contributed by atoms with Crippen molar-refractivity contribution in [2.75, 3.05) is 6.54 Å². The van der Waals surface area contributed by atoms with Gasteiger partial charge in [-0.05, 0) is 12.8 Å². The van der Waals surface area contributed by atoms with Gasteiger partial charge in [-0.25, -0.2) is 0 Å². The lowest BCUT2D eigenvalue weighted by molar-refractivity contribution is -0.117. The van der Waals surface area contributed by atoms with Crippen molar-refractivity contribution >= 4 is 5.91 Å². The molecule has 0 heterocycles. The first-order valence-corrected chi connectivity index (χ1v) is 5.22. The van der Waals surface area contributed by atoms with Crippen LogP contribution in [-0.2, 0) is 4.79 Å². The molecular weight excluding hydrogens is 164 g/mol. The molecule has 78 valence electrons. The Labute approximate surface area is 81.1 Å². The van der Waals surface area contributed by atoms with Gasteiger partial charge in [-0.15, -0.1) is 0 Å². The molecule has 0 saturated carbocycles. The van der Waals surface area contributed by atoms with Crippen LogP contribution in [0.5, 0.6) is 0 Å². The lowest BCUT2D eigenvalue weighted by Crippen LogP contribution is -2.31. The van der Waals surface area contributed by atoms with Crippen molar-refractivity contribution in [3.05, 3.63) is 0 Å². The molecule has 0 aliphatic heterocycles. The van der Waals surface area contributed by atoms with Crippen molar-refractivity contribution in [3.63, 3.8) is 0 Å². The van der Waals surface area contributed by atoms with Gasteiger partial charge in [0, 0.05) is 19.0 Å². The van der Waals surface area contributed by atoms with Gasteiger partial charge >= 0.3 is 0 Å². The highest BCUT2D eigenvalue weighted by Gasteiger charge is 2.04. The van der Waals surface area contributed by atoms with Crippen molar-refractivity contribution in [1.82, 2.24) is 5.32 Å². The molecule has 0 rings (SSSR count). The van der Waals surface area contributed by atoms with Crippen LogP contribution in [0.3, 0.4) is 0 Å². The van der Waals surface area contributed by atoms with E-state index >= 15 is 0 Å². The van der Waals surface area contributed by atoms with Crippen molar-refractivity contribution in [1.29, 1.82) is 0 Å². The molecule has 0 aromatic carbocycles. The first kappa shape index (κ1) is 12.4. The molecule has 0 aliphatic carbocycles. The van der Waals surface area contributed by atoms with E-state index in [0.29, 0.717) is 12.5 Å². The van der Waals surface area contributed by atoms with Crippen LogP contribution < -0.4 is 11.1 Å². The summed E-state index contributed by atoms with van der Waals surface area (Å²) < 4.78 is 0. The van der Waals surface area contributed by atoms with Crippen LogP contribution in [0.2, 0.25) is 0 Å². The maximum Gasteiger partial charge on any atom is 0.218 e. The van der Waals surface area contributed by atoms with Crippen LogP contribution in [0.25, 0.3) is 0 Å². The van der Waals surface area contributed by atoms with E-state index in [1.54, 1.807) is 0 Å². The van der Waals surface area contributed by atoms with Crippen LogP contribution in [-0.4, -0.2) is 18.5 Å². The first-order chi connectivity index (χ1) is 6.20. The van der Waals surface area contributed by atoms with Gasteiger partial charge in [0.05, 0.1) is 0 Å². The SMILES string of the molecule is CCCCC(CC)NCCC(N)=O. The molecule has 0 bridgehead atoms. The molecule has 3 nitrogen and oxygen atoms in total. The minimum Gasteiger partial charge on any atom is -0.370 e. The topological polar surface area (TPSA) is 55.1 Å². The summed E-state index contributed by atoms with van der Waals surface area (Å²) in [7, 11) is 0. The summed E-state index contributed by atoms with van der Waals surface area (Å²) in [5.41, 5.74) is 5.04. The van der Waals surface area contributed by atoms with E-state index in [1.165, 1.54) is 19.3 Å². The quantitative estimate of drug-likeness (QED) is 0.602. The summed E-state index contributed by atoms with van der Waals surface area (Å²) in [5.74, 6) is -0.224. The number of carbonyl (C=O) groups is 1. The van der Waals surface area contributed by atoms with Gasteiger partial charge in [0.25, 0.3) is 0 Å². The minimum atomic E-state index is -0.224. The molecule has 3 N–H and O–H groups in total. The summed E-state index contributed by atoms with van der Waals surface area (Å²) >= 11 is 0. The molecule has 0 spiro atoms. The Bertz CT molecular complexity index is 137. The van der Waals surface area contributed by atoms with Crippen LogP contribution in [0, 0.1) is 0 Å². The molecule has 0 aliphatic rings. The van der Waals surface area contributed by atoms with E-state index in [2.05, 4.69) is 19.2 Å². The summed E-state index contributed by atoms with van der Waals surface area (Å²) in [6.07, 6.45) is 5.25. The van der Waals surface area contributed by atoms with E-state index in [4.69, 9.17) is 5.73 Å². The Morgan fingerprint density at radius 2 is 2.15 bits per heavy atom. The van der Waals surface area contributed by atoms with Crippen molar-refractivity contribution in [3.8, 4) is 0 Å². The number of nitrogens with one attached hydrogen (secondary N) is 1. The second-order valence-corrected chi connectivity index (χ2v) is 3.42. The van der Waals surface area contributed by atoms with Crippen molar-refractivity contribution in [2.45, 2.75) is 52.0 Å². The zero-order valence-electron chi connectivity index (χ0n) is 8.81. The first-order valence-electron chi connectivity index (χ1n) is 5.22. The third-order valence-electron chi connectivity index (χ3n) is 2.20. The predicted octanol–water partition coefficient (Wildman–Crippen LogP) is 1.42. The number of amides is 1. The predicted molar refractivity (Wildman–Crippen MR) is 55.4 cm³/mol. The number of nitrogens with two attached hydrogens (primary N) is 1. The number of carbonyl (C=O) groups excluding carboxylic acids is 1. The molecule has 1 atom stereocenters. The van der Waals surface area contributed by atoms with Crippen molar-refractivity contribution in [2.24, 2.45) is 5.73 Å². The van der Waals surface area contributed by atoms with Crippen molar-refractivity contribution < 1.29 is 4.79 Å². The number of unbranched alkanes of at least 4 members (excludes halogenated alkanes) is 1. The Morgan fingerprint density at radius 1 is 1.46 bits per heavy atom. The molecule has 3 heteroatoms. The zero-order valence-corrected chi connectivity index (χ0v) is 8.81. The van der Waals surface area contributed by atoms with Crippen LogP contribution in [0.1, 0.15) is 46.0 Å². The van der Waals surface area contributed by atoms with Gasteiger partial charge in [0.15, 0.2) is 0 Å². The average molecular weight is 186 g/mol. The Balaban J connectivity index is 3.41. The van der Waals surface area contributed by atoms with Gasteiger partial charge < -0.3 is 11.1 Å². The molecule has 0 radical (unpaired) electrons. The second-order valence-electron chi connectivity index (χ2n) is 3.42. The second kappa shape index (κ2) is 8.05. The van der Waals surface area contributed by atoms with Crippen LogP contribution >= 0.6 is 0 Å². The van der Waals surface area contributed by atoms with E-state index in [-0.39, 0.29) is 5.91 Å². The maximum absolute atomic E-state index is 10.5. The average Bonchev–Trinajstić information content (AvgIpc) is 2.10. The molecular formula is C10H22N2O. The smallest absolute Gasteiger partial charge is 0.218 e. The highest BCUT2D eigenvalue weighted by atomic mass is 16.1. The minimum absolute atomic E-state index is 0.224. The maximum atomic E-state index is 10.5. The van der Waals surface area contributed by atoms with Gasteiger partial charge in [-0.1, -0.05) is 26.7 Å². The van der Waals surface area contributed by atoms with Gasteiger partial charge in [-0.3, -0.25) is 4.79 Å². The van der Waals surface area contributed by atoms with Gasteiger partial charge in [0.2, 0.25) is 5.91 Å². The Hall–Kier alpha value is -0.570. The molecule has 0 saturated heterocycles. The summed E-state index contributed by atoms with van der Waals surface area (Å²) in [4.78, 5) is 10.5. The van der Waals surface area contributed by atoms with E-state index in [9.17, 15) is 4.79 Å². The Morgan fingerprint density at radius 3 is 2.62 bits per heavy atom. The molecule has 0 aromatic heterocycles. The molecule has 1 unspecified atom stereocenters. The van der Waals surface area contributed by atoms with Gasteiger partial charge in [0.1, 0.15) is 0 Å². The third kappa shape index (κ3) is 7.78. The fourth-order valence-corrected chi connectivity index (χ4v) is 1.30. The summed E-state index contributed by atoms with van der Waals surface area (Å²) in [6.45, 7) is 5.07. The lowest BCUT2D eigenvalue weighted by Gasteiger charge is -2.15. The van der Waals surface area contributed by atoms with E-state index < -0.39 is 0 Å².